The van der Waals surface area contributed by atoms with Crippen molar-refractivity contribution in [2.45, 2.75) is 31.9 Å². The standard InChI is InChI=1S/C9H18FNO2S/c1-2-14(12,13)7-5-9(10)4-3-6-11-8-9/h11H,2-8H2,1H3. The Bertz CT molecular complexity index is 271. The lowest BCUT2D eigenvalue weighted by atomic mass is 9.94. The second-order valence-electron chi connectivity index (χ2n) is 3.92. The van der Waals surface area contributed by atoms with Gasteiger partial charge >= 0.3 is 0 Å². The van der Waals surface area contributed by atoms with Crippen LogP contribution in [-0.2, 0) is 9.84 Å². The molecule has 1 saturated heterocycles. The number of hydrogen-bond acceptors (Lipinski definition) is 3. The van der Waals surface area contributed by atoms with Gasteiger partial charge in [0.1, 0.15) is 15.5 Å². The van der Waals surface area contributed by atoms with Crippen molar-refractivity contribution < 1.29 is 12.8 Å². The average Bonchev–Trinajstić information content (AvgIpc) is 2.17. The molecule has 0 radical (unpaired) electrons. The largest absolute Gasteiger partial charge is 0.314 e. The van der Waals surface area contributed by atoms with Crippen molar-refractivity contribution in [1.29, 1.82) is 0 Å². The van der Waals surface area contributed by atoms with Gasteiger partial charge in [0.2, 0.25) is 0 Å². The van der Waals surface area contributed by atoms with E-state index >= 15 is 0 Å². The highest BCUT2D eigenvalue weighted by atomic mass is 32.2. The summed E-state index contributed by atoms with van der Waals surface area (Å²) in [5.74, 6) is 0.0815. The fourth-order valence-electron chi connectivity index (χ4n) is 1.63. The summed E-state index contributed by atoms with van der Waals surface area (Å²) in [4.78, 5) is 0. The topological polar surface area (TPSA) is 46.2 Å². The Morgan fingerprint density at radius 2 is 2.21 bits per heavy atom. The Morgan fingerprint density at radius 1 is 1.50 bits per heavy atom. The van der Waals surface area contributed by atoms with Crippen LogP contribution in [-0.4, -0.2) is 38.7 Å². The van der Waals surface area contributed by atoms with E-state index in [2.05, 4.69) is 5.32 Å². The molecular formula is C9H18FNO2S. The maximum absolute atomic E-state index is 13.9. The van der Waals surface area contributed by atoms with E-state index in [0.29, 0.717) is 13.0 Å². The molecule has 0 spiro atoms. The van der Waals surface area contributed by atoms with Crippen LogP contribution >= 0.6 is 0 Å². The van der Waals surface area contributed by atoms with E-state index in [0.717, 1.165) is 13.0 Å². The first kappa shape index (κ1) is 11.9. The SMILES string of the molecule is CCS(=O)(=O)CCC1(F)CCCNC1. The van der Waals surface area contributed by atoms with Crippen LogP contribution < -0.4 is 5.32 Å². The first-order valence-electron chi connectivity index (χ1n) is 5.07. The summed E-state index contributed by atoms with van der Waals surface area (Å²) in [6.07, 6.45) is 1.41. The summed E-state index contributed by atoms with van der Waals surface area (Å²) in [5, 5.41) is 2.96. The van der Waals surface area contributed by atoms with Gasteiger partial charge in [0, 0.05) is 12.3 Å². The van der Waals surface area contributed by atoms with Crippen molar-refractivity contribution in [3.05, 3.63) is 0 Å². The molecule has 1 fully saturated rings. The van der Waals surface area contributed by atoms with Gasteiger partial charge in [0.05, 0.1) is 5.75 Å². The van der Waals surface area contributed by atoms with Crippen LogP contribution in [0, 0.1) is 0 Å². The molecule has 1 heterocycles. The van der Waals surface area contributed by atoms with Gasteiger partial charge in [-0.05, 0) is 25.8 Å². The Balaban J connectivity index is 2.43. The minimum Gasteiger partial charge on any atom is -0.314 e. The van der Waals surface area contributed by atoms with Crippen LogP contribution in [0.5, 0.6) is 0 Å². The quantitative estimate of drug-likeness (QED) is 0.770. The van der Waals surface area contributed by atoms with Crippen LogP contribution in [0.3, 0.4) is 0 Å². The smallest absolute Gasteiger partial charge is 0.150 e. The molecule has 14 heavy (non-hydrogen) atoms. The first-order valence-corrected chi connectivity index (χ1v) is 6.90. The lowest BCUT2D eigenvalue weighted by Gasteiger charge is -2.29. The summed E-state index contributed by atoms with van der Waals surface area (Å²) in [7, 11) is -3.02. The van der Waals surface area contributed by atoms with Crippen LogP contribution in [0.15, 0.2) is 0 Å². The number of alkyl halides is 1. The molecule has 1 aliphatic rings. The van der Waals surface area contributed by atoms with Crippen LogP contribution in [0.4, 0.5) is 4.39 Å². The fraction of sp³-hybridized carbons (Fsp3) is 1.00. The Kier molecular flexibility index (Phi) is 3.89. The highest BCUT2D eigenvalue weighted by Gasteiger charge is 2.32. The van der Waals surface area contributed by atoms with Crippen LogP contribution in [0.1, 0.15) is 26.2 Å². The lowest BCUT2D eigenvalue weighted by Crippen LogP contribution is -2.43. The number of piperidine rings is 1. The number of sulfone groups is 1. The second kappa shape index (κ2) is 4.57. The molecule has 84 valence electrons. The number of nitrogens with one attached hydrogen (secondary N) is 1. The van der Waals surface area contributed by atoms with E-state index < -0.39 is 15.5 Å². The zero-order valence-corrected chi connectivity index (χ0v) is 9.37. The Labute approximate surface area is 85.0 Å². The normalized spacial score (nSPS) is 29.0. The first-order chi connectivity index (χ1) is 6.47. The molecule has 0 bridgehead atoms. The molecule has 0 saturated carbocycles. The Morgan fingerprint density at radius 3 is 2.71 bits per heavy atom. The predicted molar refractivity (Wildman–Crippen MR) is 54.9 cm³/mol. The molecule has 1 atom stereocenters. The van der Waals surface area contributed by atoms with Crippen molar-refractivity contribution >= 4 is 9.84 Å². The molecular weight excluding hydrogens is 205 g/mol. The van der Waals surface area contributed by atoms with Crippen molar-refractivity contribution in [3.63, 3.8) is 0 Å². The molecule has 0 amide bonds. The zero-order valence-electron chi connectivity index (χ0n) is 8.55. The molecule has 0 aromatic carbocycles. The van der Waals surface area contributed by atoms with Crippen molar-refractivity contribution in [2.24, 2.45) is 0 Å². The monoisotopic (exact) mass is 223 g/mol. The third-order valence-electron chi connectivity index (χ3n) is 2.72. The summed E-state index contributed by atoms with van der Waals surface area (Å²) < 4.78 is 36.3. The van der Waals surface area contributed by atoms with Gasteiger partial charge in [-0.15, -0.1) is 0 Å². The number of halogens is 1. The predicted octanol–water partition coefficient (Wildman–Crippen LogP) is 0.903. The average molecular weight is 223 g/mol. The van der Waals surface area contributed by atoms with E-state index in [1.807, 2.05) is 0 Å². The van der Waals surface area contributed by atoms with Crippen molar-refractivity contribution in [3.8, 4) is 0 Å². The fourth-order valence-corrected chi connectivity index (χ4v) is 2.59. The Hall–Kier alpha value is -0.160. The van der Waals surface area contributed by atoms with E-state index in [1.165, 1.54) is 0 Å². The van der Waals surface area contributed by atoms with Gasteiger partial charge < -0.3 is 5.32 Å². The van der Waals surface area contributed by atoms with Gasteiger partial charge in [-0.3, -0.25) is 0 Å². The van der Waals surface area contributed by atoms with Gasteiger partial charge in [-0.25, -0.2) is 12.8 Å². The summed E-state index contributed by atoms with van der Waals surface area (Å²) in [6.45, 7) is 2.73. The second-order valence-corrected chi connectivity index (χ2v) is 6.39. The molecule has 0 aromatic heterocycles. The summed E-state index contributed by atoms with van der Waals surface area (Å²) in [5.41, 5.74) is -1.31. The van der Waals surface area contributed by atoms with E-state index in [1.54, 1.807) is 6.92 Å². The van der Waals surface area contributed by atoms with Gasteiger partial charge in [0.15, 0.2) is 0 Å². The molecule has 1 rings (SSSR count). The van der Waals surface area contributed by atoms with Gasteiger partial charge in [-0.1, -0.05) is 6.92 Å². The van der Waals surface area contributed by atoms with Gasteiger partial charge in [-0.2, -0.15) is 0 Å². The molecule has 3 nitrogen and oxygen atoms in total. The maximum Gasteiger partial charge on any atom is 0.150 e. The van der Waals surface area contributed by atoms with Crippen molar-refractivity contribution in [1.82, 2.24) is 5.32 Å². The molecule has 1 unspecified atom stereocenters. The zero-order chi connectivity index (χ0) is 10.7. The van der Waals surface area contributed by atoms with E-state index in [9.17, 15) is 12.8 Å². The van der Waals surface area contributed by atoms with E-state index in [4.69, 9.17) is 0 Å². The number of rotatable bonds is 4. The van der Waals surface area contributed by atoms with Gasteiger partial charge in [0.25, 0.3) is 0 Å². The third-order valence-corrected chi connectivity index (χ3v) is 4.43. The minimum absolute atomic E-state index is 0.0261. The lowest BCUT2D eigenvalue weighted by molar-refractivity contribution is 0.118. The molecule has 0 aromatic rings. The van der Waals surface area contributed by atoms with E-state index in [-0.39, 0.29) is 17.9 Å². The number of hydrogen-bond donors (Lipinski definition) is 1. The maximum atomic E-state index is 13.9. The highest BCUT2D eigenvalue weighted by molar-refractivity contribution is 7.91. The summed E-state index contributed by atoms with van der Waals surface area (Å²) in [6, 6.07) is 0. The molecule has 5 heteroatoms. The molecule has 1 aliphatic heterocycles. The van der Waals surface area contributed by atoms with Crippen LogP contribution in [0.25, 0.3) is 0 Å². The highest BCUT2D eigenvalue weighted by Crippen LogP contribution is 2.25. The third kappa shape index (κ3) is 3.53. The summed E-state index contributed by atoms with van der Waals surface area (Å²) >= 11 is 0. The molecule has 0 aliphatic carbocycles. The molecule has 1 N–H and O–H groups in total. The van der Waals surface area contributed by atoms with Crippen LogP contribution in [0.2, 0.25) is 0 Å². The van der Waals surface area contributed by atoms with Crippen molar-refractivity contribution in [2.75, 3.05) is 24.6 Å². The minimum atomic E-state index is -3.02.